The molecule has 3 aromatic rings. The van der Waals surface area contributed by atoms with E-state index in [1.54, 1.807) is 30.0 Å². The Balaban J connectivity index is 1.50. The van der Waals surface area contributed by atoms with Crippen molar-refractivity contribution >= 4 is 38.4 Å². The summed E-state index contributed by atoms with van der Waals surface area (Å²) in [6.45, 7) is 2.73. The number of fused-ring (bicyclic) bond motifs is 1. The molecule has 2 aromatic carbocycles. The summed E-state index contributed by atoms with van der Waals surface area (Å²) < 4.78 is 27.1. The predicted molar refractivity (Wildman–Crippen MR) is 117 cm³/mol. The molecule has 0 unspecified atom stereocenters. The smallest absolute Gasteiger partial charge is 0.255 e. The molecule has 0 aliphatic carbocycles. The zero-order valence-corrected chi connectivity index (χ0v) is 18.3. The number of piperazine rings is 1. The van der Waals surface area contributed by atoms with Crippen LogP contribution in [0.15, 0.2) is 53.4 Å². The zero-order chi connectivity index (χ0) is 22.2. The van der Waals surface area contributed by atoms with Gasteiger partial charge in [-0.3, -0.25) is 9.78 Å². The number of hydrogen-bond acceptors (Lipinski definition) is 5. The van der Waals surface area contributed by atoms with Gasteiger partial charge >= 0.3 is 0 Å². The van der Waals surface area contributed by atoms with Crippen molar-refractivity contribution in [1.29, 1.82) is 5.26 Å². The highest BCUT2D eigenvalue weighted by Crippen LogP contribution is 2.23. The van der Waals surface area contributed by atoms with Crippen molar-refractivity contribution in [3.8, 4) is 6.07 Å². The summed E-state index contributed by atoms with van der Waals surface area (Å²) >= 11 is 6.06. The fraction of sp³-hybridized carbons (Fsp3) is 0.227. The molecule has 1 fully saturated rings. The number of hydrogen-bond donors (Lipinski definition) is 0. The van der Waals surface area contributed by atoms with Gasteiger partial charge in [-0.15, -0.1) is 0 Å². The van der Waals surface area contributed by atoms with Crippen molar-refractivity contribution in [3.63, 3.8) is 0 Å². The first-order valence-corrected chi connectivity index (χ1v) is 11.5. The average Bonchev–Trinajstić information content (AvgIpc) is 2.78. The summed E-state index contributed by atoms with van der Waals surface area (Å²) in [4.78, 5) is 19.4. The van der Waals surface area contributed by atoms with Crippen molar-refractivity contribution in [2.75, 3.05) is 26.2 Å². The van der Waals surface area contributed by atoms with Crippen LogP contribution in [-0.4, -0.2) is 54.7 Å². The van der Waals surface area contributed by atoms with Crippen molar-refractivity contribution < 1.29 is 13.2 Å². The number of carbonyl (C=O) groups excluding carboxylic acids is 1. The van der Waals surface area contributed by atoms with Gasteiger partial charge in [-0.2, -0.15) is 9.57 Å². The average molecular weight is 455 g/mol. The highest BCUT2D eigenvalue weighted by molar-refractivity contribution is 7.89. The lowest BCUT2D eigenvalue weighted by molar-refractivity contribution is 0.0697. The fourth-order valence-electron chi connectivity index (χ4n) is 3.61. The lowest BCUT2D eigenvalue weighted by Crippen LogP contribution is -2.50. The largest absolute Gasteiger partial charge is 0.336 e. The Labute approximate surface area is 185 Å². The van der Waals surface area contributed by atoms with Gasteiger partial charge in [0, 0.05) is 36.6 Å². The van der Waals surface area contributed by atoms with E-state index in [9.17, 15) is 13.2 Å². The normalized spacial score (nSPS) is 15.1. The van der Waals surface area contributed by atoms with Crippen LogP contribution in [0.2, 0.25) is 5.02 Å². The lowest BCUT2D eigenvalue weighted by atomic mass is 10.1. The van der Waals surface area contributed by atoms with Gasteiger partial charge in [-0.25, -0.2) is 8.42 Å². The maximum Gasteiger partial charge on any atom is 0.255 e. The summed E-state index contributed by atoms with van der Waals surface area (Å²) in [5.74, 6) is -0.178. The first-order chi connectivity index (χ1) is 14.8. The minimum atomic E-state index is -3.68. The molecule has 4 rings (SSSR count). The Kier molecular flexibility index (Phi) is 5.67. The number of nitrogens with zero attached hydrogens (tertiary/aromatic N) is 4. The molecule has 1 amide bonds. The van der Waals surface area contributed by atoms with Gasteiger partial charge in [0.05, 0.1) is 33.3 Å². The topological polar surface area (TPSA) is 94.4 Å². The molecule has 9 heteroatoms. The third kappa shape index (κ3) is 4.12. The Morgan fingerprint density at radius 1 is 1.06 bits per heavy atom. The molecule has 7 nitrogen and oxygen atoms in total. The molecule has 31 heavy (non-hydrogen) atoms. The Morgan fingerprint density at radius 3 is 2.39 bits per heavy atom. The number of amides is 1. The molecule has 0 radical (unpaired) electrons. The first kappa shape index (κ1) is 21.2. The quantitative estimate of drug-likeness (QED) is 0.605. The maximum atomic E-state index is 13.1. The van der Waals surface area contributed by atoms with Gasteiger partial charge < -0.3 is 4.90 Å². The van der Waals surface area contributed by atoms with E-state index in [-0.39, 0.29) is 37.0 Å². The van der Waals surface area contributed by atoms with Crippen molar-refractivity contribution in [1.82, 2.24) is 14.2 Å². The lowest BCUT2D eigenvalue weighted by Gasteiger charge is -2.34. The molecular weight excluding hydrogens is 436 g/mol. The number of pyridine rings is 1. The van der Waals surface area contributed by atoms with Gasteiger partial charge in [0.1, 0.15) is 0 Å². The molecule has 2 heterocycles. The van der Waals surface area contributed by atoms with Crippen LogP contribution >= 0.6 is 11.6 Å². The number of rotatable bonds is 3. The Morgan fingerprint density at radius 2 is 1.74 bits per heavy atom. The fourth-order valence-corrected chi connectivity index (χ4v) is 5.22. The van der Waals surface area contributed by atoms with E-state index in [2.05, 4.69) is 4.98 Å². The van der Waals surface area contributed by atoms with Crippen LogP contribution < -0.4 is 0 Å². The van der Waals surface area contributed by atoms with Crippen LogP contribution in [-0.2, 0) is 10.0 Å². The van der Waals surface area contributed by atoms with Crippen LogP contribution in [0.5, 0.6) is 0 Å². The summed E-state index contributed by atoms with van der Waals surface area (Å²) in [5.41, 5.74) is 2.26. The second-order valence-electron chi connectivity index (χ2n) is 7.29. The number of benzene rings is 2. The number of nitriles is 1. The SMILES string of the molecule is Cc1nc2ccc(Cl)cc2cc1C(=O)N1CCN(S(=O)(=O)c2ccc(C#N)cc2)CC1. The molecule has 1 aliphatic heterocycles. The van der Waals surface area contributed by atoms with Crippen LogP contribution in [0.25, 0.3) is 10.9 Å². The molecule has 1 saturated heterocycles. The second kappa shape index (κ2) is 8.27. The molecular formula is C22H19ClN4O3S. The molecule has 1 aliphatic rings. The number of carbonyl (C=O) groups is 1. The molecule has 0 saturated carbocycles. The van der Waals surface area contributed by atoms with Gasteiger partial charge in [-0.05, 0) is 55.5 Å². The second-order valence-corrected chi connectivity index (χ2v) is 9.67. The van der Waals surface area contributed by atoms with E-state index < -0.39 is 10.0 Å². The van der Waals surface area contributed by atoms with Crippen molar-refractivity contribution in [2.45, 2.75) is 11.8 Å². The van der Waals surface area contributed by atoms with Gasteiger partial charge in [0.25, 0.3) is 5.91 Å². The molecule has 158 valence electrons. The summed E-state index contributed by atoms with van der Waals surface area (Å²) in [6, 6.07) is 14.9. The summed E-state index contributed by atoms with van der Waals surface area (Å²) in [7, 11) is -3.68. The minimum Gasteiger partial charge on any atom is -0.336 e. The van der Waals surface area contributed by atoms with Crippen molar-refractivity contribution in [2.24, 2.45) is 0 Å². The van der Waals surface area contributed by atoms with Gasteiger partial charge in [0.15, 0.2) is 0 Å². The zero-order valence-electron chi connectivity index (χ0n) is 16.7. The third-order valence-corrected chi connectivity index (χ3v) is 7.49. The highest BCUT2D eigenvalue weighted by atomic mass is 35.5. The van der Waals surface area contributed by atoms with Crippen molar-refractivity contribution in [3.05, 3.63) is 70.4 Å². The monoisotopic (exact) mass is 454 g/mol. The molecule has 1 aromatic heterocycles. The molecule has 0 bridgehead atoms. The molecule has 0 N–H and O–H groups in total. The van der Waals surface area contributed by atoms with E-state index in [0.717, 1.165) is 10.9 Å². The standard InChI is InChI=1S/C22H19ClN4O3S/c1-15-20(13-17-12-18(23)4-7-21(17)25-15)22(28)26-8-10-27(11-9-26)31(29,30)19-5-2-16(14-24)3-6-19/h2-7,12-13H,8-11H2,1H3. The number of aromatic nitrogens is 1. The molecule has 0 atom stereocenters. The van der Waals surface area contributed by atoms with Gasteiger partial charge in [-0.1, -0.05) is 11.6 Å². The Hall–Kier alpha value is -2.99. The van der Waals surface area contributed by atoms with Crippen LogP contribution in [0, 0.1) is 18.3 Å². The van der Waals surface area contributed by atoms with E-state index >= 15 is 0 Å². The van der Waals surface area contributed by atoms with E-state index in [4.69, 9.17) is 16.9 Å². The minimum absolute atomic E-state index is 0.137. The number of halogens is 1. The van der Waals surface area contributed by atoms with E-state index in [1.165, 1.54) is 28.6 Å². The van der Waals surface area contributed by atoms with Crippen LogP contribution in [0.1, 0.15) is 21.6 Å². The first-order valence-electron chi connectivity index (χ1n) is 9.66. The van der Waals surface area contributed by atoms with Gasteiger partial charge in [0.2, 0.25) is 10.0 Å². The Bertz CT molecular complexity index is 1310. The highest BCUT2D eigenvalue weighted by Gasteiger charge is 2.31. The van der Waals surface area contributed by atoms with E-state index in [0.29, 0.717) is 21.8 Å². The number of aryl methyl sites for hydroxylation is 1. The summed E-state index contributed by atoms with van der Waals surface area (Å²) in [5, 5.41) is 10.2. The predicted octanol–water partition coefficient (Wildman–Crippen LogP) is 3.22. The number of sulfonamides is 1. The van der Waals surface area contributed by atoms with E-state index in [1.807, 2.05) is 12.1 Å². The molecule has 0 spiro atoms. The van der Waals surface area contributed by atoms with Crippen LogP contribution in [0.3, 0.4) is 0 Å². The van der Waals surface area contributed by atoms with Crippen LogP contribution in [0.4, 0.5) is 0 Å². The third-order valence-electron chi connectivity index (χ3n) is 5.34. The maximum absolute atomic E-state index is 13.1. The summed E-state index contributed by atoms with van der Waals surface area (Å²) in [6.07, 6.45) is 0.